The van der Waals surface area contributed by atoms with Gasteiger partial charge in [-0.1, -0.05) is 23.9 Å². The molecule has 0 saturated carbocycles. The van der Waals surface area contributed by atoms with Crippen molar-refractivity contribution in [2.45, 2.75) is 10.9 Å². The average molecular weight is 271 g/mol. The fraction of sp³-hybridized carbons (Fsp3) is 0.0714. The van der Waals surface area contributed by atoms with Crippen LogP contribution < -0.4 is 5.73 Å². The Balaban J connectivity index is 1.76. The largest absolute Gasteiger partial charge is 0.508 e. The first kappa shape index (κ1) is 11.9. The first-order chi connectivity index (χ1) is 9.20. The molecule has 3 aromatic rings. The first-order valence-corrected chi connectivity index (χ1v) is 6.85. The van der Waals surface area contributed by atoms with Gasteiger partial charge in [0.05, 0.1) is 11.0 Å². The first-order valence-electron chi connectivity index (χ1n) is 5.87. The number of anilines is 1. The Morgan fingerprint density at radius 3 is 2.74 bits per heavy atom. The van der Waals surface area contributed by atoms with Crippen molar-refractivity contribution in [1.82, 2.24) is 9.97 Å². The number of nitrogen functional groups attached to an aromatic ring is 1. The Morgan fingerprint density at radius 2 is 1.95 bits per heavy atom. The summed E-state index contributed by atoms with van der Waals surface area (Å²) in [5, 5.41) is 10.1. The number of nitrogens with one attached hydrogen (secondary N) is 1. The van der Waals surface area contributed by atoms with Gasteiger partial charge in [-0.2, -0.15) is 0 Å². The topological polar surface area (TPSA) is 74.9 Å². The van der Waals surface area contributed by atoms with Crippen LogP contribution in [0.1, 0.15) is 5.56 Å². The Kier molecular flexibility index (Phi) is 3.05. The van der Waals surface area contributed by atoms with E-state index in [0.717, 1.165) is 33.2 Å². The van der Waals surface area contributed by atoms with E-state index < -0.39 is 0 Å². The second-order valence-electron chi connectivity index (χ2n) is 4.27. The number of H-pyrrole nitrogens is 1. The van der Waals surface area contributed by atoms with Crippen LogP contribution in [0, 0.1) is 0 Å². The predicted octanol–water partition coefficient (Wildman–Crippen LogP) is 3.14. The maximum atomic E-state index is 9.23. The molecule has 0 aliphatic heterocycles. The van der Waals surface area contributed by atoms with Crippen molar-refractivity contribution in [3.05, 3.63) is 48.0 Å². The van der Waals surface area contributed by atoms with Crippen LogP contribution in [0.2, 0.25) is 0 Å². The van der Waals surface area contributed by atoms with Crippen molar-refractivity contribution in [3.8, 4) is 5.75 Å². The summed E-state index contributed by atoms with van der Waals surface area (Å²) < 4.78 is 0. The molecule has 0 fully saturated rings. The zero-order chi connectivity index (χ0) is 13.2. The quantitative estimate of drug-likeness (QED) is 0.505. The Hall–Kier alpha value is -2.14. The molecular formula is C14H13N3OS. The molecule has 2 aromatic carbocycles. The molecule has 19 heavy (non-hydrogen) atoms. The van der Waals surface area contributed by atoms with Crippen molar-refractivity contribution >= 4 is 28.5 Å². The van der Waals surface area contributed by atoms with Crippen LogP contribution >= 0.6 is 11.8 Å². The summed E-state index contributed by atoms with van der Waals surface area (Å²) in [4.78, 5) is 7.73. The summed E-state index contributed by atoms with van der Waals surface area (Å²) >= 11 is 1.62. The number of fused-ring (bicyclic) bond motifs is 1. The van der Waals surface area contributed by atoms with Crippen molar-refractivity contribution < 1.29 is 5.11 Å². The fourth-order valence-electron chi connectivity index (χ4n) is 1.82. The van der Waals surface area contributed by atoms with Crippen LogP contribution in [0.3, 0.4) is 0 Å². The SMILES string of the molecule is Nc1ccc2nc(SCc3ccc(O)cc3)[nH]c2c1. The second kappa shape index (κ2) is 4.85. The highest BCUT2D eigenvalue weighted by Crippen LogP contribution is 2.24. The number of thioether (sulfide) groups is 1. The summed E-state index contributed by atoms with van der Waals surface area (Å²) in [7, 11) is 0. The van der Waals surface area contributed by atoms with E-state index >= 15 is 0 Å². The van der Waals surface area contributed by atoms with Crippen molar-refractivity contribution in [2.24, 2.45) is 0 Å². The van der Waals surface area contributed by atoms with E-state index in [9.17, 15) is 5.11 Å². The van der Waals surface area contributed by atoms with Gasteiger partial charge in [0.25, 0.3) is 0 Å². The van der Waals surface area contributed by atoms with Gasteiger partial charge in [0, 0.05) is 11.4 Å². The number of phenols is 1. The van der Waals surface area contributed by atoms with Crippen LogP contribution in [0.25, 0.3) is 11.0 Å². The highest BCUT2D eigenvalue weighted by Gasteiger charge is 2.04. The zero-order valence-corrected chi connectivity index (χ0v) is 10.9. The normalized spacial score (nSPS) is 10.9. The van der Waals surface area contributed by atoms with E-state index in [4.69, 9.17) is 5.73 Å². The molecule has 1 aromatic heterocycles. The number of nitrogens with zero attached hydrogens (tertiary/aromatic N) is 1. The lowest BCUT2D eigenvalue weighted by Gasteiger charge is -1.99. The third-order valence-corrected chi connectivity index (χ3v) is 3.74. The molecule has 0 aliphatic carbocycles. The van der Waals surface area contributed by atoms with Crippen molar-refractivity contribution in [3.63, 3.8) is 0 Å². The molecule has 0 aliphatic rings. The van der Waals surface area contributed by atoms with Gasteiger partial charge >= 0.3 is 0 Å². The summed E-state index contributed by atoms with van der Waals surface area (Å²) in [6.45, 7) is 0. The molecule has 0 radical (unpaired) electrons. The summed E-state index contributed by atoms with van der Waals surface area (Å²) in [5.74, 6) is 1.09. The van der Waals surface area contributed by atoms with Crippen LogP contribution in [0.4, 0.5) is 5.69 Å². The van der Waals surface area contributed by atoms with Crippen molar-refractivity contribution in [2.75, 3.05) is 5.73 Å². The number of hydrogen-bond acceptors (Lipinski definition) is 4. The second-order valence-corrected chi connectivity index (χ2v) is 5.24. The molecule has 0 amide bonds. The minimum absolute atomic E-state index is 0.285. The number of imidazole rings is 1. The minimum Gasteiger partial charge on any atom is -0.508 e. The molecule has 5 heteroatoms. The van der Waals surface area contributed by atoms with Gasteiger partial charge in [-0.25, -0.2) is 4.98 Å². The minimum atomic E-state index is 0.285. The molecule has 1 heterocycles. The monoisotopic (exact) mass is 271 g/mol. The molecule has 0 bridgehead atoms. The molecular weight excluding hydrogens is 258 g/mol. The lowest BCUT2D eigenvalue weighted by Crippen LogP contribution is -1.82. The van der Waals surface area contributed by atoms with E-state index in [0.29, 0.717) is 0 Å². The number of aromatic amines is 1. The van der Waals surface area contributed by atoms with Crippen molar-refractivity contribution in [1.29, 1.82) is 0 Å². The third kappa shape index (κ3) is 2.66. The van der Waals surface area contributed by atoms with E-state index in [1.165, 1.54) is 0 Å². The standard InChI is InChI=1S/C14H13N3OS/c15-10-3-6-12-13(7-10)17-14(16-12)19-8-9-1-4-11(18)5-2-9/h1-7,18H,8,15H2,(H,16,17). The van der Waals surface area contributed by atoms with Gasteiger partial charge in [-0.15, -0.1) is 0 Å². The highest BCUT2D eigenvalue weighted by atomic mass is 32.2. The molecule has 0 atom stereocenters. The summed E-state index contributed by atoms with van der Waals surface area (Å²) in [5.41, 5.74) is 9.47. The Labute approximate surface area is 114 Å². The van der Waals surface area contributed by atoms with Gasteiger partial charge in [0.1, 0.15) is 5.75 Å². The lowest BCUT2D eigenvalue weighted by atomic mass is 10.2. The Bertz CT molecular complexity index is 706. The van der Waals surface area contributed by atoms with E-state index in [2.05, 4.69) is 9.97 Å². The zero-order valence-electron chi connectivity index (χ0n) is 10.1. The van der Waals surface area contributed by atoms with Crippen LogP contribution in [0.5, 0.6) is 5.75 Å². The maximum absolute atomic E-state index is 9.23. The number of aromatic nitrogens is 2. The number of phenolic OH excluding ortho intramolecular Hbond substituents is 1. The van der Waals surface area contributed by atoms with Gasteiger partial charge in [-0.3, -0.25) is 0 Å². The van der Waals surface area contributed by atoms with Gasteiger partial charge in [-0.05, 0) is 35.9 Å². The summed E-state index contributed by atoms with van der Waals surface area (Å²) in [6.07, 6.45) is 0. The van der Waals surface area contributed by atoms with Crippen LogP contribution in [-0.2, 0) is 5.75 Å². The van der Waals surface area contributed by atoms with Gasteiger partial charge in [0.15, 0.2) is 5.16 Å². The lowest BCUT2D eigenvalue weighted by molar-refractivity contribution is 0.475. The number of benzene rings is 2. The smallest absolute Gasteiger partial charge is 0.166 e. The van der Waals surface area contributed by atoms with Gasteiger partial charge < -0.3 is 15.8 Å². The maximum Gasteiger partial charge on any atom is 0.166 e. The number of nitrogens with two attached hydrogens (primary N) is 1. The highest BCUT2D eigenvalue weighted by molar-refractivity contribution is 7.98. The summed E-state index contributed by atoms with van der Waals surface area (Å²) in [6, 6.07) is 12.8. The third-order valence-electron chi connectivity index (χ3n) is 2.80. The molecule has 0 spiro atoms. The number of rotatable bonds is 3. The predicted molar refractivity (Wildman–Crippen MR) is 78.2 cm³/mol. The molecule has 0 saturated heterocycles. The molecule has 3 rings (SSSR count). The van der Waals surface area contributed by atoms with Crippen LogP contribution in [0.15, 0.2) is 47.6 Å². The molecule has 96 valence electrons. The van der Waals surface area contributed by atoms with Crippen LogP contribution in [-0.4, -0.2) is 15.1 Å². The van der Waals surface area contributed by atoms with E-state index in [1.54, 1.807) is 23.9 Å². The fourth-order valence-corrected chi connectivity index (χ4v) is 2.66. The number of aromatic hydroxyl groups is 1. The molecule has 4 nitrogen and oxygen atoms in total. The van der Waals surface area contributed by atoms with E-state index in [-0.39, 0.29) is 5.75 Å². The number of hydrogen-bond donors (Lipinski definition) is 3. The van der Waals surface area contributed by atoms with E-state index in [1.807, 2.05) is 30.3 Å². The molecule has 4 N–H and O–H groups in total. The molecule has 0 unspecified atom stereocenters. The van der Waals surface area contributed by atoms with Gasteiger partial charge in [0.2, 0.25) is 0 Å². The Morgan fingerprint density at radius 1 is 1.16 bits per heavy atom. The average Bonchev–Trinajstić information content (AvgIpc) is 2.80.